The highest BCUT2D eigenvalue weighted by Crippen LogP contribution is 2.25. The van der Waals surface area contributed by atoms with Crippen LogP contribution in [0.15, 0.2) is 24.3 Å². The predicted octanol–water partition coefficient (Wildman–Crippen LogP) is 1.04. The van der Waals surface area contributed by atoms with Gasteiger partial charge in [-0.1, -0.05) is 32.9 Å². The first kappa shape index (κ1) is 20.3. The first-order chi connectivity index (χ1) is 12.1. The molecule has 6 nitrogen and oxygen atoms in total. The maximum atomic E-state index is 13.0. The highest BCUT2D eigenvalue weighted by molar-refractivity contribution is 5.91. The van der Waals surface area contributed by atoms with Crippen molar-refractivity contribution >= 4 is 11.8 Å². The molecule has 1 aliphatic heterocycles. The molecule has 3 N–H and O–H groups in total. The number of amides is 2. The van der Waals surface area contributed by atoms with E-state index in [1.54, 1.807) is 19.2 Å². The summed E-state index contributed by atoms with van der Waals surface area (Å²) >= 11 is 0. The van der Waals surface area contributed by atoms with E-state index in [0.717, 1.165) is 5.56 Å². The number of nitrogens with one attached hydrogen (secondary N) is 2. The van der Waals surface area contributed by atoms with Crippen LogP contribution < -0.4 is 10.6 Å². The van der Waals surface area contributed by atoms with E-state index in [9.17, 15) is 19.1 Å². The van der Waals surface area contributed by atoms with Crippen molar-refractivity contribution in [1.29, 1.82) is 0 Å². The largest absolute Gasteiger partial charge is 0.391 e. The number of aliphatic hydroxyl groups is 1. The molecule has 26 heavy (non-hydrogen) atoms. The second-order valence-electron chi connectivity index (χ2n) is 7.83. The molecule has 3 atom stereocenters. The van der Waals surface area contributed by atoms with Crippen molar-refractivity contribution in [3.8, 4) is 0 Å². The van der Waals surface area contributed by atoms with Gasteiger partial charge < -0.3 is 20.6 Å². The Morgan fingerprint density at radius 1 is 1.31 bits per heavy atom. The number of nitrogens with zero attached hydrogens (tertiary/aromatic N) is 1. The number of carbonyl (C=O) groups is 2. The minimum absolute atomic E-state index is 0.141. The van der Waals surface area contributed by atoms with Crippen molar-refractivity contribution in [3.05, 3.63) is 35.6 Å². The number of hydrogen-bond donors (Lipinski definition) is 3. The maximum absolute atomic E-state index is 13.0. The fraction of sp³-hybridized carbons (Fsp3) is 0.579. The van der Waals surface area contributed by atoms with E-state index in [4.69, 9.17) is 0 Å². The van der Waals surface area contributed by atoms with Crippen molar-refractivity contribution in [2.45, 2.75) is 51.9 Å². The van der Waals surface area contributed by atoms with Gasteiger partial charge in [-0.05, 0) is 30.2 Å². The van der Waals surface area contributed by atoms with Crippen LogP contribution in [0.25, 0.3) is 0 Å². The molecule has 1 saturated heterocycles. The minimum atomic E-state index is -0.724. The molecule has 0 saturated carbocycles. The van der Waals surface area contributed by atoms with Crippen molar-refractivity contribution < 1.29 is 19.1 Å². The van der Waals surface area contributed by atoms with E-state index in [1.165, 1.54) is 17.0 Å². The normalized spacial score (nSPS) is 21.5. The minimum Gasteiger partial charge on any atom is -0.391 e. The van der Waals surface area contributed by atoms with Gasteiger partial charge >= 0.3 is 0 Å². The monoisotopic (exact) mass is 365 g/mol. The lowest BCUT2D eigenvalue weighted by Gasteiger charge is -2.34. The van der Waals surface area contributed by atoms with Gasteiger partial charge in [-0.25, -0.2) is 4.39 Å². The fourth-order valence-electron chi connectivity index (χ4n) is 3.31. The van der Waals surface area contributed by atoms with Crippen LogP contribution in [0.1, 0.15) is 32.8 Å². The molecule has 0 bridgehead atoms. The van der Waals surface area contributed by atoms with E-state index in [2.05, 4.69) is 10.6 Å². The second kappa shape index (κ2) is 8.14. The Kier molecular flexibility index (Phi) is 6.36. The van der Waals surface area contributed by atoms with Crippen LogP contribution in [0.4, 0.5) is 4.39 Å². The molecule has 1 unspecified atom stereocenters. The van der Waals surface area contributed by atoms with Crippen LogP contribution in [-0.2, 0) is 16.1 Å². The zero-order chi connectivity index (χ0) is 19.5. The van der Waals surface area contributed by atoms with Crippen LogP contribution >= 0.6 is 0 Å². The summed E-state index contributed by atoms with van der Waals surface area (Å²) < 4.78 is 13.0. The highest BCUT2D eigenvalue weighted by Gasteiger charge is 2.43. The molecule has 0 aromatic heterocycles. The van der Waals surface area contributed by atoms with Gasteiger partial charge in [-0.3, -0.25) is 9.59 Å². The van der Waals surface area contributed by atoms with Crippen molar-refractivity contribution in [3.63, 3.8) is 0 Å². The number of likely N-dealkylation sites (tertiary alicyclic amines) is 1. The van der Waals surface area contributed by atoms with E-state index in [1.807, 2.05) is 20.8 Å². The van der Waals surface area contributed by atoms with Gasteiger partial charge in [-0.15, -0.1) is 0 Å². The third-order valence-electron chi connectivity index (χ3n) is 4.65. The van der Waals surface area contributed by atoms with Gasteiger partial charge in [0, 0.05) is 19.5 Å². The van der Waals surface area contributed by atoms with Crippen molar-refractivity contribution in [2.24, 2.45) is 5.41 Å². The lowest BCUT2D eigenvalue weighted by molar-refractivity contribution is -0.142. The Hall–Kier alpha value is -1.99. The summed E-state index contributed by atoms with van der Waals surface area (Å²) in [4.78, 5) is 27.0. The Labute approximate surface area is 153 Å². The molecular weight excluding hydrogens is 337 g/mol. The smallest absolute Gasteiger partial charge is 0.243 e. The van der Waals surface area contributed by atoms with Crippen LogP contribution in [0, 0.1) is 11.2 Å². The molecule has 2 amide bonds. The summed E-state index contributed by atoms with van der Waals surface area (Å²) in [5, 5.41) is 15.8. The Morgan fingerprint density at radius 3 is 2.46 bits per heavy atom. The summed E-state index contributed by atoms with van der Waals surface area (Å²) in [6.45, 7) is 6.22. The first-order valence-electron chi connectivity index (χ1n) is 8.81. The molecule has 1 aromatic carbocycles. The van der Waals surface area contributed by atoms with Gasteiger partial charge in [-0.2, -0.15) is 0 Å². The summed E-state index contributed by atoms with van der Waals surface area (Å²) in [7, 11) is 1.71. The second-order valence-corrected chi connectivity index (χ2v) is 7.83. The standard InChI is InChI=1S/C19H28FN3O3/c1-19(2,3)16(21-4)18(26)23-11-14(24)9-15(23)17(25)22-10-12-5-7-13(20)8-6-12/h5-8,14-16,21,24H,9-11H2,1-4H3,(H,22,25)/t14-,15+,16?/m1/s1. The molecule has 7 heteroatoms. The number of β-amino-alcohol motifs (C(OH)–C–C–N with tert-alkyl or cyclic N) is 1. The molecule has 0 aliphatic carbocycles. The molecule has 1 aliphatic rings. The lowest BCUT2D eigenvalue weighted by atomic mass is 9.86. The molecule has 1 fully saturated rings. The summed E-state index contributed by atoms with van der Waals surface area (Å²) in [6.07, 6.45) is -0.514. The van der Waals surface area contributed by atoms with Gasteiger partial charge in [0.05, 0.1) is 12.1 Å². The van der Waals surface area contributed by atoms with E-state index >= 15 is 0 Å². The molecule has 1 heterocycles. The van der Waals surface area contributed by atoms with E-state index < -0.39 is 18.2 Å². The highest BCUT2D eigenvalue weighted by atomic mass is 19.1. The molecule has 144 valence electrons. The summed E-state index contributed by atoms with van der Waals surface area (Å²) in [5.41, 5.74) is 0.438. The summed E-state index contributed by atoms with van der Waals surface area (Å²) in [6, 6.07) is 4.68. The molecule has 0 spiro atoms. The number of rotatable bonds is 5. The van der Waals surface area contributed by atoms with E-state index in [-0.39, 0.29) is 42.6 Å². The number of carbonyl (C=O) groups excluding carboxylic acids is 2. The third kappa shape index (κ3) is 4.80. The van der Waals surface area contributed by atoms with Crippen molar-refractivity contribution in [2.75, 3.05) is 13.6 Å². The maximum Gasteiger partial charge on any atom is 0.243 e. The molecular formula is C19H28FN3O3. The Morgan fingerprint density at radius 2 is 1.92 bits per heavy atom. The topological polar surface area (TPSA) is 81.7 Å². The number of hydrogen-bond acceptors (Lipinski definition) is 4. The quantitative estimate of drug-likeness (QED) is 0.728. The van der Waals surface area contributed by atoms with Crippen LogP contribution in [0.5, 0.6) is 0 Å². The lowest BCUT2D eigenvalue weighted by Crippen LogP contribution is -2.55. The predicted molar refractivity (Wildman–Crippen MR) is 96.7 cm³/mol. The van der Waals surface area contributed by atoms with Gasteiger partial charge in [0.1, 0.15) is 11.9 Å². The number of likely N-dealkylation sites (N-methyl/N-ethyl adjacent to an activating group) is 1. The van der Waals surface area contributed by atoms with Crippen LogP contribution in [0.3, 0.4) is 0 Å². The van der Waals surface area contributed by atoms with Gasteiger partial charge in [0.15, 0.2) is 0 Å². The summed E-state index contributed by atoms with van der Waals surface area (Å²) in [5.74, 6) is -0.850. The molecule has 0 radical (unpaired) electrons. The van der Waals surface area contributed by atoms with Crippen LogP contribution in [0.2, 0.25) is 0 Å². The van der Waals surface area contributed by atoms with E-state index in [0.29, 0.717) is 0 Å². The Balaban J connectivity index is 2.06. The van der Waals surface area contributed by atoms with Gasteiger partial charge in [0.25, 0.3) is 0 Å². The van der Waals surface area contributed by atoms with Gasteiger partial charge in [0.2, 0.25) is 11.8 Å². The third-order valence-corrected chi connectivity index (χ3v) is 4.65. The average Bonchev–Trinajstić information content (AvgIpc) is 2.95. The molecule has 2 rings (SSSR count). The zero-order valence-electron chi connectivity index (χ0n) is 15.8. The SMILES string of the molecule is CNC(C(=O)N1C[C@H](O)C[C@H]1C(=O)NCc1ccc(F)cc1)C(C)(C)C. The number of halogens is 1. The average molecular weight is 365 g/mol. The number of benzene rings is 1. The fourth-order valence-corrected chi connectivity index (χ4v) is 3.31. The van der Waals surface area contributed by atoms with Crippen LogP contribution in [-0.4, -0.2) is 53.6 Å². The first-order valence-corrected chi connectivity index (χ1v) is 8.81. The van der Waals surface area contributed by atoms with Crippen molar-refractivity contribution in [1.82, 2.24) is 15.5 Å². The number of aliphatic hydroxyl groups excluding tert-OH is 1. The molecule has 1 aromatic rings. The Bertz CT molecular complexity index is 642. The zero-order valence-corrected chi connectivity index (χ0v) is 15.8.